The molecule has 0 bridgehead atoms. The lowest BCUT2D eigenvalue weighted by Gasteiger charge is -2.16. The molecule has 1 N–H and O–H groups in total. The first-order valence-corrected chi connectivity index (χ1v) is 8.62. The van der Waals surface area contributed by atoms with Crippen molar-refractivity contribution in [3.63, 3.8) is 0 Å². The molecule has 6 heteroatoms. The van der Waals surface area contributed by atoms with Crippen molar-refractivity contribution in [3.8, 4) is 5.75 Å². The maximum absolute atomic E-state index is 12.4. The molecule has 2 rings (SSSR count). The van der Waals surface area contributed by atoms with Gasteiger partial charge in [0.25, 0.3) is 0 Å². The van der Waals surface area contributed by atoms with Crippen LogP contribution in [0.15, 0.2) is 57.9 Å². The highest BCUT2D eigenvalue weighted by Gasteiger charge is 2.19. The molecular weight excluding hydrogens is 354 g/mol. The number of ether oxygens (including phenoxy) is 1. The molecular formula is C15H16BrNO3S. The van der Waals surface area contributed by atoms with Crippen LogP contribution in [0, 0.1) is 0 Å². The molecule has 0 aromatic heterocycles. The second kappa shape index (κ2) is 6.60. The van der Waals surface area contributed by atoms with E-state index in [9.17, 15) is 8.42 Å². The summed E-state index contributed by atoms with van der Waals surface area (Å²) in [4.78, 5) is 0.210. The predicted octanol–water partition coefficient (Wildman–Crippen LogP) is 3.50. The zero-order valence-electron chi connectivity index (χ0n) is 11.7. The van der Waals surface area contributed by atoms with E-state index in [4.69, 9.17) is 4.74 Å². The molecule has 0 spiro atoms. The van der Waals surface area contributed by atoms with Crippen molar-refractivity contribution < 1.29 is 13.2 Å². The van der Waals surface area contributed by atoms with E-state index in [1.165, 1.54) is 19.2 Å². The van der Waals surface area contributed by atoms with Gasteiger partial charge >= 0.3 is 0 Å². The minimum absolute atomic E-state index is 0.210. The third-order valence-electron chi connectivity index (χ3n) is 3.07. The molecule has 2 aromatic carbocycles. The first-order chi connectivity index (χ1) is 9.94. The Balaban J connectivity index is 2.22. The molecule has 0 aliphatic carbocycles. The highest BCUT2D eigenvalue weighted by Crippen LogP contribution is 2.24. The fourth-order valence-corrected chi connectivity index (χ4v) is 3.80. The van der Waals surface area contributed by atoms with Crippen LogP contribution >= 0.6 is 15.9 Å². The molecule has 0 aliphatic heterocycles. The molecule has 0 heterocycles. The quantitative estimate of drug-likeness (QED) is 0.877. The van der Waals surface area contributed by atoms with Crippen molar-refractivity contribution in [2.75, 3.05) is 7.11 Å². The lowest BCUT2D eigenvalue weighted by molar-refractivity contribution is 0.414. The lowest BCUT2D eigenvalue weighted by Crippen LogP contribution is -2.27. The van der Waals surface area contributed by atoms with E-state index >= 15 is 0 Å². The van der Waals surface area contributed by atoms with Gasteiger partial charge in [-0.3, -0.25) is 0 Å². The van der Waals surface area contributed by atoms with E-state index in [2.05, 4.69) is 20.7 Å². The van der Waals surface area contributed by atoms with Crippen LogP contribution < -0.4 is 9.46 Å². The summed E-state index contributed by atoms with van der Waals surface area (Å²) in [6.45, 7) is 1.81. The Morgan fingerprint density at radius 2 is 1.71 bits per heavy atom. The van der Waals surface area contributed by atoms with Crippen LogP contribution in [0.2, 0.25) is 0 Å². The number of benzene rings is 2. The second-order valence-corrected chi connectivity index (χ2v) is 7.11. The summed E-state index contributed by atoms with van der Waals surface area (Å²) in [6.07, 6.45) is 0. The summed E-state index contributed by atoms with van der Waals surface area (Å²) >= 11 is 3.43. The van der Waals surface area contributed by atoms with Crippen LogP contribution in [0.4, 0.5) is 0 Å². The Kier molecular flexibility index (Phi) is 5.03. The third kappa shape index (κ3) is 3.84. The van der Waals surface area contributed by atoms with Gasteiger partial charge in [0, 0.05) is 10.5 Å². The Morgan fingerprint density at radius 1 is 1.10 bits per heavy atom. The minimum atomic E-state index is -3.58. The SMILES string of the molecule is COc1ccc(S(=O)(=O)NC(C)c2ccccc2Br)cc1. The smallest absolute Gasteiger partial charge is 0.241 e. The Morgan fingerprint density at radius 3 is 2.29 bits per heavy atom. The summed E-state index contributed by atoms with van der Waals surface area (Å²) in [7, 11) is -2.04. The van der Waals surface area contributed by atoms with Crippen LogP contribution in [0.1, 0.15) is 18.5 Å². The van der Waals surface area contributed by atoms with Gasteiger partial charge in [0.2, 0.25) is 10.0 Å². The Labute approximate surface area is 133 Å². The molecule has 0 radical (unpaired) electrons. The summed E-state index contributed by atoms with van der Waals surface area (Å²) in [5.41, 5.74) is 0.884. The van der Waals surface area contributed by atoms with E-state index in [1.54, 1.807) is 19.1 Å². The molecule has 2 aromatic rings. The van der Waals surface area contributed by atoms with Crippen molar-refractivity contribution in [1.29, 1.82) is 0 Å². The van der Waals surface area contributed by atoms with Crippen LogP contribution in [0.3, 0.4) is 0 Å². The zero-order chi connectivity index (χ0) is 15.5. The molecule has 1 unspecified atom stereocenters. The first-order valence-electron chi connectivity index (χ1n) is 6.35. The van der Waals surface area contributed by atoms with Crippen molar-refractivity contribution in [2.24, 2.45) is 0 Å². The van der Waals surface area contributed by atoms with Crippen LogP contribution in [0.5, 0.6) is 5.75 Å². The number of nitrogens with one attached hydrogen (secondary N) is 1. The van der Waals surface area contributed by atoms with Gasteiger partial charge in [0.05, 0.1) is 12.0 Å². The maximum Gasteiger partial charge on any atom is 0.241 e. The van der Waals surface area contributed by atoms with Gasteiger partial charge < -0.3 is 4.74 Å². The molecule has 112 valence electrons. The average molecular weight is 370 g/mol. The van der Waals surface area contributed by atoms with Crippen molar-refractivity contribution in [3.05, 3.63) is 58.6 Å². The van der Waals surface area contributed by atoms with E-state index in [0.29, 0.717) is 5.75 Å². The molecule has 0 fully saturated rings. The summed E-state index contributed by atoms with van der Waals surface area (Å²) in [6, 6.07) is 13.5. The van der Waals surface area contributed by atoms with Gasteiger partial charge in [-0.2, -0.15) is 0 Å². The van der Waals surface area contributed by atoms with Crippen molar-refractivity contribution in [1.82, 2.24) is 4.72 Å². The topological polar surface area (TPSA) is 55.4 Å². The number of halogens is 1. The number of sulfonamides is 1. The molecule has 0 aliphatic rings. The summed E-state index contributed by atoms with van der Waals surface area (Å²) in [5.74, 6) is 0.618. The third-order valence-corrected chi connectivity index (χ3v) is 5.35. The van der Waals surface area contributed by atoms with Gasteiger partial charge in [0.15, 0.2) is 0 Å². The largest absolute Gasteiger partial charge is 0.497 e. The minimum Gasteiger partial charge on any atom is -0.497 e. The van der Waals surface area contributed by atoms with E-state index < -0.39 is 10.0 Å². The van der Waals surface area contributed by atoms with Gasteiger partial charge in [-0.15, -0.1) is 0 Å². The van der Waals surface area contributed by atoms with E-state index in [1.807, 2.05) is 24.3 Å². The normalized spacial score (nSPS) is 12.9. The summed E-state index contributed by atoms with van der Waals surface area (Å²) < 4.78 is 33.3. The standard InChI is InChI=1S/C15H16BrNO3S/c1-11(14-5-3-4-6-15(14)16)17-21(18,19)13-9-7-12(20-2)8-10-13/h3-11,17H,1-2H3. The molecule has 0 saturated heterocycles. The van der Waals surface area contributed by atoms with Gasteiger partial charge in [-0.05, 0) is 42.8 Å². The van der Waals surface area contributed by atoms with Gasteiger partial charge in [-0.1, -0.05) is 34.1 Å². The number of hydrogen-bond acceptors (Lipinski definition) is 3. The van der Waals surface area contributed by atoms with Gasteiger partial charge in [-0.25, -0.2) is 13.1 Å². The first kappa shape index (κ1) is 16.0. The highest BCUT2D eigenvalue weighted by molar-refractivity contribution is 9.10. The predicted molar refractivity (Wildman–Crippen MR) is 85.9 cm³/mol. The second-order valence-electron chi connectivity index (χ2n) is 4.54. The van der Waals surface area contributed by atoms with Crippen molar-refractivity contribution in [2.45, 2.75) is 17.9 Å². The van der Waals surface area contributed by atoms with E-state index in [-0.39, 0.29) is 10.9 Å². The molecule has 4 nitrogen and oxygen atoms in total. The van der Waals surface area contributed by atoms with Crippen molar-refractivity contribution >= 4 is 26.0 Å². The molecule has 1 atom stereocenters. The summed E-state index contributed by atoms with van der Waals surface area (Å²) in [5, 5.41) is 0. The van der Waals surface area contributed by atoms with Crippen LogP contribution in [-0.2, 0) is 10.0 Å². The molecule has 21 heavy (non-hydrogen) atoms. The maximum atomic E-state index is 12.4. The highest BCUT2D eigenvalue weighted by atomic mass is 79.9. The lowest BCUT2D eigenvalue weighted by atomic mass is 10.1. The van der Waals surface area contributed by atoms with E-state index in [0.717, 1.165) is 10.0 Å². The number of rotatable bonds is 5. The monoisotopic (exact) mass is 369 g/mol. The van der Waals surface area contributed by atoms with Crippen LogP contribution in [-0.4, -0.2) is 15.5 Å². The average Bonchev–Trinajstić information content (AvgIpc) is 2.47. The fraction of sp³-hybridized carbons (Fsp3) is 0.200. The molecule has 0 amide bonds. The zero-order valence-corrected chi connectivity index (χ0v) is 14.1. The Bertz CT molecular complexity index is 714. The molecule has 0 saturated carbocycles. The fourth-order valence-electron chi connectivity index (χ4n) is 1.95. The van der Waals surface area contributed by atoms with Gasteiger partial charge in [0.1, 0.15) is 5.75 Å². The Hall–Kier alpha value is -1.37. The van der Waals surface area contributed by atoms with Crippen LogP contribution in [0.25, 0.3) is 0 Å². The number of hydrogen-bond donors (Lipinski definition) is 1. The number of methoxy groups -OCH3 is 1.